The summed E-state index contributed by atoms with van der Waals surface area (Å²) in [5, 5.41) is 2.74. The molecule has 0 unspecified atom stereocenters. The molecule has 30 heavy (non-hydrogen) atoms. The number of alkyl halides is 3. The number of nitrogens with one attached hydrogen (secondary N) is 1. The van der Waals surface area contributed by atoms with Gasteiger partial charge in [-0.2, -0.15) is 13.2 Å². The number of hydrogen-bond donors (Lipinski definition) is 1. The zero-order valence-electron chi connectivity index (χ0n) is 16.5. The van der Waals surface area contributed by atoms with Crippen LogP contribution in [0.2, 0.25) is 0 Å². The molecule has 1 heterocycles. The molecule has 0 aromatic heterocycles. The average Bonchev–Trinajstić information content (AvgIpc) is 2.92. The van der Waals surface area contributed by atoms with Gasteiger partial charge in [0.2, 0.25) is 0 Å². The highest BCUT2D eigenvalue weighted by atomic mass is 19.4. The zero-order chi connectivity index (χ0) is 21.9. The summed E-state index contributed by atoms with van der Waals surface area (Å²) in [7, 11) is 0. The summed E-state index contributed by atoms with van der Waals surface area (Å²) in [5.41, 5.74) is -0.238. The quantitative estimate of drug-likeness (QED) is 0.681. The number of ether oxygens (including phenoxy) is 1. The van der Waals surface area contributed by atoms with Crippen LogP contribution < -0.4 is 5.32 Å². The second-order valence-electron chi connectivity index (χ2n) is 7.00. The lowest BCUT2D eigenvalue weighted by molar-refractivity contribution is -0.138. The van der Waals surface area contributed by atoms with E-state index < -0.39 is 23.6 Å². The lowest BCUT2D eigenvalue weighted by Crippen LogP contribution is -2.35. The van der Waals surface area contributed by atoms with E-state index in [1.165, 1.54) is 12.1 Å². The first-order valence-corrected chi connectivity index (χ1v) is 9.40. The molecule has 2 amide bonds. The number of amides is 2. The van der Waals surface area contributed by atoms with Crippen LogP contribution in [0.15, 0.2) is 60.3 Å². The van der Waals surface area contributed by atoms with Crippen molar-refractivity contribution >= 4 is 23.1 Å². The topological polar surface area (TPSA) is 58.6 Å². The van der Waals surface area contributed by atoms with Gasteiger partial charge in [-0.3, -0.25) is 14.5 Å². The van der Waals surface area contributed by atoms with Crippen molar-refractivity contribution in [1.82, 2.24) is 4.90 Å². The summed E-state index contributed by atoms with van der Waals surface area (Å²) >= 11 is 0. The third-order valence-electron chi connectivity index (χ3n) is 4.46. The summed E-state index contributed by atoms with van der Waals surface area (Å²) in [5.74, 6) is -1.13. The predicted molar refractivity (Wildman–Crippen MR) is 106 cm³/mol. The smallest absolute Gasteiger partial charge is 0.377 e. The van der Waals surface area contributed by atoms with Crippen LogP contribution in [-0.4, -0.2) is 36.0 Å². The summed E-state index contributed by atoms with van der Waals surface area (Å²) in [4.78, 5) is 27.0. The molecule has 3 rings (SSSR count). The number of imide groups is 1. The van der Waals surface area contributed by atoms with E-state index in [1.54, 1.807) is 30.3 Å². The maximum Gasteiger partial charge on any atom is 0.416 e. The minimum absolute atomic E-state index is 0.0416. The number of hydrogen-bond acceptors (Lipinski definition) is 4. The largest absolute Gasteiger partial charge is 0.416 e. The molecule has 0 aliphatic carbocycles. The number of benzene rings is 2. The Morgan fingerprint density at radius 1 is 1.00 bits per heavy atom. The highest BCUT2D eigenvalue weighted by molar-refractivity contribution is 6.36. The highest BCUT2D eigenvalue weighted by Crippen LogP contribution is 2.33. The summed E-state index contributed by atoms with van der Waals surface area (Å²) in [6, 6.07) is 13.0. The van der Waals surface area contributed by atoms with Crippen LogP contribution in [-0.2, 0) is 20.5 Å². The molecule has 0 bridgehead atoms. The van der Waals surface area contributed by atoms with Crippen molar-refractivity contribution in [3.05, 3.63) is 71.4 Å². The minimum Gasteiger partial charge on any atom is -0.377 e. The number of carbonyl (C=O) groups excluding carboxylic acids is 2. The van der Waals surface area contributed by atoms with Crippen LogP contribution in [0.5, 0.6) is 0 Å². The van der Waals surface area contributed by atoms with E-state index in [-0.39, 0.29) is 36.2 Å². The van der Waals surface area contributed by atoms with Crippen LogP contribution in [0.4, 0.5) is 18.9 Å². The monoisotopic (exact) mass is 418 g/mol. The lowest BCUT2D eigenvalue weighted by Gasteiger charge is -2.16. The summed E-state index contributed by atoms with van der Waals surface area (Å²) in [6.45, 7) is 3.87. The molecule has 0 fully saturated rings. The minimum atomic E-state index is -4.52. The molecule has 0 spiro atoms. The first kappa shape index (κ1) is 21.6. The van der Waals surface area contributed by atoms with Gasteiger partial charge in [0, 0.05) is 5.69 Å². The van der Waals surface area contributed by atoms with Crippen LogP contribution in [0, 0.1) is 0 Å². The van der Waals surface area contributed by atoms with Gasteiger partial charge in [0.15, 0.2) is 0 Å². The van der Waals surface area contributed by atoms with Crippen LogP contribution in [0.25, 0.3) is 5.57 Å². The summed E-state index contributed by atoms with van der Waals surface area (Å²) in [6.07, 6.45) is -4.59. The summed E-state index contributed by atoms with van der Waals surface area (Å²) < 4.78 is 44.6. The maximum atomic E-state index is 13.0. The Morgan fingerprint density at radius 2 is 1.70 bits per heavy atom. The fourth-order valence-electron chi connectivity index (χ4n) is 3.07. The van der Waals surface area contributed by atoms with E-state index in [2.05, 4.69) is 5.32 Å². The van der Waals surface area contributed by atoms with Gasteiger partial charge in [-0.1, -0.05) is 36.4 Å². The third kappa shape index (κ3) is 4.71. The van der Waals surface area contributed by atoms with Gasteiger partial charge in [0.1, 0.15) is 5.70 Å². The number of rotatable bonds is 7. The Bertz CT molecular complexity index is 969. The first-order chi connectivity index (χ1) is 14.2. The average molecular weight is 418 g/mol. The number of nitrogens with zero attached hydrogens (tertiary/aromatic N) is 1. The SMILES string of the molecule is CC(C)OCCN1C(=O)C(Nc2cccc(C(F)(F)F)c2)=C(c2ccccc2)C1=O. The number of carbonyl (C=O) groups is 2. The lowest BCUT2D eigenvalue weighted by atomic mass is 10.0. The second-order valence-corrected chi connectivity index (χ2v) is 7.00. The van der Waals surface area contributed by atoms with Gasteiger partial charge >= 0.3 is 6.18 Å². The molecule has 8 heteroatoms. The molecule has 2 aromatic rings. The Hall–Kier alpha value is -3.13. The van der Waals surface area contributed by atoms with Gasteiger partial charge in [0.25, 0.3) is 11.8 Å². The Labute approximate surface area is 172 Å². The Balaban J connectivity index is 1.96. The molecule has 0 saturated heterocycles. The van der Waals surface area contributed by atoms with E-state index in [4.69, 9.17) is 4.74 Å². The first-order valence-electron chi connectivity index (χ1n) is 9.40. The van der Waals surface area contributed by atoms with Crippen molar-refractivity contribution < 1.29 is 27.5 Å². The fraction of sp³-hybridized carbons (Fsp3) is 0.273. The molecule has 1 aliphatic rings. The van der Waals surface area contributed by atoms with E-state index in [9.17, 15) is 22.8 Å². The molecule has 5 nitrogen and oxygen atoms in total. The van der Waals surface area contributed by atoms with Crippen molar-refractivity contribution in [2.24, 2.45) is 0 Å². The molecule has 0 saturated carbocycles. The van der Waals surface area contributed by atoms with Gasteiger partial charge in [0.05, 0.1) is 30.4 Å². The number of halogens is 3. The molecule has 0 atom stereocenters. The van der Waals surface area contributed by atoms with Crippen LogP contribution >= 0.6 is 0 Å². The van der Waals surface area contributed by atoms with Crippen LogP contribution in [0.3, 0.4) is 0 Å². The predicted octanol–water partition coefficient (Wildman–Crippen LogP) is 4.32. The van der Waals surface area contributed by atoms with E-state index >= 15 is 0 Å². The van der Waals surface area contributed by atoms with Crippen molar-refractivity contribution in [3.8, 4) is 0 Å². The zero-order valence-corrected chi connectivity index (χ0v) is 16.5. The molecule has 0 radical (unpaired) electrons. The van der Waals surface area contributed by atoms with Gasteiger partial charge < -0.3 is 10.1 Å². The van der Waals surface area contributed by atoms with E-state index in [0.29, 0.717) is 5.56 Å². The molecule has 1 N–H and O–H groups in total. The van der Waals surface area contributed by atoms with Crippen molar-refractivity contribution in [2.45, 2.75) is 26.1 Å². The van der Waals surface area contributed by atoms with Crippen molar-refractivity contribution in [3.63, 3.8) is 0 Å². The highest BCUT2D eigenvalue weighted by Gasteiger charge is 2.39. The van der Waals surface area contributed by atoms with E-state index in [0.717, 1.165) is 17.0 Å². The van der Waals surface area contributed by atoms with E-state index in [1.807, 2.05) is 13.8 Å². The molecule has 1 aliphatic heterocycles. The van der Waals surface area contributed by atoms with Crippen molar-refractivity contribution in [1.29, 1.82) is 0 Å². The standard InChI is InChI=1S/C22H21F3N2O3/c1-14(2)30-12-11-27-20(28)18(15-7-4-3-5-8-15)19(21(27)29)26-17-10-6-9-16(13-17)22(23,24)25/h3-10,13-14,26H,11-12H2,1-2H3. The second kappa shape index (κ2) is 8.71. The fourth-order valence-corrected chi connectivity index (χ4v) is 3.07. The molecular formula is C22H21F3N2O3. The van der Waals surface area contributed by atoms with Gasteiger partial charge in [-0.25, -0.2) is 0 Å². The maximum absolute atomic E-state index is 13.0. The normalized spacial score (nSPS) is 14.8. The third-order valence-corrected chi connectivity index (χ3v) is 4.46. The van der Waals surface area contributed by atoms with Gasteiger partial charge in [-0.05, 0) is 37.6 Å². The molecule has 158 valence electrons. The number of anilines is 1. The van der Waals surface area contributed by atoms with Crippen molar-refractivity contribution in [2.75, 3.05) is 18.5 Å². The molecular weight excluding hydrogens is 397 g/mol. The Kier molecular flexibility index (Phi) is 6.26. The van der Waals surface area contributed by atoms with Gasteiger partial charge in [-0.15, -0.1) is 0 Å². The van der Waals surface area contributed by atoms with Crippen LogP contribution in [0.1, 0.15) is 25.0 Å². The molecule has 2 aromatic carbocycles. The Morgan fingerprint density at radius 3 is 2.33 bits per heavy atom.